The van der Waals surface area contributed by atoms with Gasteiger partial charge in [0.1, 0.15) is 5.82 Å². The van der Waals surface area contributed by atoms with E-state index in [-0.39, 0.29) is 49.6 Å². The average Bonchev–Trinajstić information content (AvgIpc) is 3.27. The number of hydrogen-bond donors (Lipinski definition) is 5. The molecule has 10 nitrogen and oxygen atoms in total. The summed E-state index contributed by atoms with van der Waals surface area (Å²) in [4.78, 5) is 42.2. The van der Waals surface area contributed by atoms with Crippen molar-refractivity contribution in [3.8, 4) is 0 Å². The Kier molecular flexibility index (Phi) is 8.29. The zero-order valence-corrected chi connectivity index (χ0v) is 21.6. The normalized spacial score (nSPS) is 17.7. The van der Waals surface area contributed by atoms with Crippen molar-refractivity contribution in [3.63, 3.8) is 0 Å². The molecular weight excluding hydrogens is 495 g/mol. The molecule has 0 unspecified atom stereocenters. The van der Waals surface area contributed by atoms with Gasteiger partial charge in [-0.3, -0.25) is 14.4 Å². The Morgan fingerprint density at radius 1 is 1.26 bits per heavy atom. The molecule has 2 atom stereocenters. The number of amides is 3. The molecule has 38 heavy (non-hydrogen) atoms. The standard InChI is InChI=1S/C27H33FN4O6/c1-14-23(11-21-20-8-16(28)4-5-22(20)31-26(21)36)30-15(2)25(14)27(37)29-7-6-17(33)9-18(34)10-24(35)32-12-19(13-32)38-3/h4-5,8,11,17-19,30,33-34H,6-7,9-10,12-13H2,1-3H3,(H,29,37)(H,31,36)/b21-11-/t17-,18-/m1/s1. The highest BCUT2D eigenvalue weighted by Gasteiger charge is 2.31. The maximum atomic E-state index is 13.7. The lowest BCUT2D eigenvalue weighted by molar-refractivity contribution is -0.145. The Morgan fingerprint density at radius 2 is 2.00 bits per heavy atom. The number of aromatic amines is 1. The first kappa shape index (κ1) is 27.5. The second-order valence-electron chi connectivity index (χ2n) is 9.81. The summed E-state index contributed by atoms with van der Waals surface area (Å²) >= 11 is 0. The summed E-state index contributed by atoms with van der Waals surface area (Å²) in [6.45, 7) is 4.66. The molecule has 1 fully saturated rings. The maximum absolute atomic E-state index is 13.7. The predicted octanol–water partition coefficient (Wildman–Crippen LogP) is 1.74. The number of aryl methyl sites for hydroxylation is 1. The van der Waals surface area contributed by atoms with Gasteiger partial charge in [-0.2, -0.15) is 0 Å². The van der Waals surface area contributed by atoms with Gasteiger partial charge in [0.15, 0.2) is 0 Å². The van der Waals surface area contributed by atoms with Crippen molar-refractivity contribution < 1.29 is 33.7 Å². The summed E-state index contributed by atoms with van der Waals surface area (Å²) in [5.41, 5.74) is 3.47. The number of ether oxygens (including phenoxy) is 1. The molecule has 0 radical (unpaired) electrons. The molecule has 2 aliphatic rings. The van der Waals surface area contributed by atoms with Gasteiger partial charge in [0, 0.05) is 49.4 Å². The van der Waals surface area contributed by atoms with Gasteiger partial charge in [0.2, 0.25) is 5.91 Å². The lowest BCUT2D eigenvalue weighted by Gasteiger charge is -2.38. The molecule has 1 saturated heterocycles. The second kappa shape index (κ2) is 11.5. The highest BCUT2D eigenvalue weighted by atomic mass is 19.1. The fourth-order valence-electron chi connectivity index (χ4n) is 4.78. The number of methoxy groups -OCH3 is 1. The van der Waals surface area contributed by atoms with Gasteiger partial charge in [-0.1, -0.05) is 0 Å². The van der Waals surface area contributed by atoms with Gasteiger partial charge in [-0.15, -0.1) is 0 Å². The molecule has 1 aromatic heterocycles. The number of hydrogen-bond acceptors (Lipinski definition) is 6. The van der Waals surface area contributed by atoms with Gasteiger partial charge >= 0.3 is 0 Å². The summed E-state index contributed by atoms with van der Waals surface area (Å²) in [5.74, 6) is -1.34. The summed E-state index contributed by atoms with van der Waals surface area (Å²) in [6.07, 6.45) is -0.0886. The van der Waals surface area contributed by atoms with E-state index < -0.39 is 18.0 Å². The molecule has 11 heteroatoms. The third-order valence-corrected chi connectivity index (χ3v) is 7.01. The highest BCUT2D eigenvalue weighted by Crippen LogP contribution is 2.34. The fraction of sp³-hybridized carbons (Fsp3) is 0.444. The van der Waals surface area contributed by atoms with Gasteiger partial charge in [0.05, 0.1) is 35.9 Å². The zero-order valence-electron chi connectivity index (χ0n) is 21.6. The molecule has 0 spiro atoms. The number of carbonyl (C=O) groups is 3. The molecule has 5 N–H and O–H groups in total. The number of anilines is 1. The van der Waals surface area contributed by atoms with Crippen LogP contribution in [0.3, 0.4) is 0 Å². The molecule has 2 aromatic rings. The van der Waals surface area contributed by atoms with Crippen LogP contribution in [0.2, 0.25) is 0 Å². The van der Waals surface area contributed by atoms with Gasteiger partial charge in [-0.25, -0.2) is 4.39 Å². The Balaban J connectivity index is 1.30. The number of aromatic nitrogens is 1. The van der Waals surface area contributed by atoms with Crippen molar-refractivity contribution in [3.05, 3.63) is 52.1 Å². The SMILES string of the molecule is COC1CN(C(=O)C[C@H](O)C[C@H](O)CCNC(=O)c2c(C)[nH]c(/C=C3\C(=O)Nc4ccc(F)cc43)c2C)C1. The topological polar surface area (TPSA) is 144 Å². The first-order chi connectivity index (χ1) is 18.1. The summed E-state index contributed by atoms with van der Waals surface area (Å²) in [6, 6.07) is 4.07. The van der Waals surface area contributed by atoms with Crippen molar-refractivity contribution in [2.75, 3.05) is 32.1 Å². The third-order valence-electron chi connectivity index (χ3n) is 7.01. The van der Waals surface area contributed by atoms with E-state index in [1.807, 2.05) is 0 Å². The monoisotopic (exact) mass is 528 g/mol. The quantitative estimate of drug-likeness (QED) is 0.297. The summed E-state index contributed by atoms with van der Waals surface area (Å²) < 4.78 is 18.9. The van der Waals surface area contributed by atoms with Crippen molar-refractivity contribution in [2.24, 2.45) is 0 Å². The summed E-state index contributed by atoms with van der Waals surface area (Å²) in [5, 5.41) is 25.9. The number of nitrogens with one attached hydrogen (secondary N) is 3. The number of rotatable bonds is 10. The number of nitrogens with zero attached hydrogens (tertiary/aromatic N) is 1. The molecule has 4 rings (SSSR count). The summed E-state index contributed by atoms with van der Waals surface area (Å²) in [7, 11) is 1.59. The Labute approximate surface area is 219 Å². The molecule has 3 heterocycles. The van der Waals surface area contributed by atoms with E-state index in [9.17, 15) is 29.0 Å². The van der Waals surface area contributed by atoms with Gasteiger partial charge in [0.25, 0.3) is 11.8 Å². The Bertz CT molecular complexity index is 1270. The minimum absolute atomic E-state index is 0.0211. The first-order valence-corrected chi connectivity index (χ1v) is 12.5. The molecule has 204 valence electrons. The molecule has 0 aliphatic carbocycles. The van der Waals surface area contributed by atoms with Crippen LogP contribution in [-0.4, -0.2) is 82.9 Å². The van der Waals surface area contributed by atoms with E-state index in [0.29, 0.717) is 52.4 Å². The minimum Gasteiger partial charge on any atom is -0.393 e. The van der Waals surface area contributed by atoms with Crippen LogP contribution in [0.15, 0.2) is 18.2 Å². The van der Waals surface area contributed by atoms with Crippen LogP contribution in [0, 0.1) is 19.7 Å². The van der Waals surface area contributed by atoms with Crippen LogP contribution in [0.1, 0.15) is 52.1 Å². The Morgan fingerprint density at radius 3 is 2.71 bits per heavy atom. The lowest BCUT2D eigenvalue weighted by Crippen LogP contribution is -2.54. The second-order valence-corrected chi connectivity index (χ2v) is 9.81. The molecule has 0 bridgehead atoms. The maximum Gasteiger partial charge on any atom is 0.256 e. The smallest absolute Gasteiger partial charge is 0.256 e. The number of fused-ring (bicyclic) bond motifs is 1. The largest absolute Gasteiger partial charge is 0.393 e. The number of aliphatic hydroxyl groups excluding tert-OH is 2. The molecule has 0 saturated carbocycles. The van der Waals surface area contributed by atoms with E-state index in [1.165, 1.54) is 18.2 Å². The number of carbonyl (C=O) groups excluding carboxylic acids is 3. The van der Waals surface area contributed by atoms with Crippen molar-refractivity contribution in [1.29, 1.82) is 0 Å². The number of likely N-dealkylation sites (tertiary alicyclic amines) is 1. The van der Waals surface area contributed by atoms with Crippen LogP contribution >= 0.6 is 0 Å². The molecule has 1 aromatic carbocycles. The van der Waals surface area contributed by atoms with E-state index in [0.717, 1.165) is 0 Å². The molecular formula is C27H33FN4O6. The fourth-order valence-corrected chi connectivity index (χ4v) is 4.78. The third kappa shape index (κ3) is 5.95. The number of aliphatic hydroxyl groups is 2. The van der Waals surface area contributed by atoms with E-state index in [2.05, 4.69) is 15.6 Å². The van der Waals surface area contributed by atoms with E-state index in [4.69, 9.17) is 4.74 Å². The molecule has 2 aliphatic heterocycles. The lowest BCUT2D eigenvalue weighted by atomic mass is 10.0. The van der Waals surface area contributed by atoms with Gasteiger partial charge in [-0.05, 0) is 56.5 Å². The molecule has 3 amide bonds. The Hall–Kier alpha value is -3.54. The van der Waals surface area contributed by atoms with Crippen LogP contribution in [0.25, 0.3) is 11.6 Å². The average molecular weight is 529 g/mol. The van der Waals surface area contributed by atoms with E-state index in [1.54, 1.807) is 31.9 Å². The highest BCUT2D eigenvalue weighted by molar-refractivity contribution is 6.34. The van der Waals surface area contributed by atoms with E-state index >= 15 is 0 Å². The van der Waals surface area contributed by atoms with Crippen LogP contribution in [0.5, 0.6) is 0 Å². The van der Waals surface area contributed by atoms with Crippen LogP contribution in [-0.2, 0) is 14.3 Å². The van der Waals surface area contributed by atoms with Crippen LogP contribution < -0.4 is 10.6 Å². The number of halogens is 1. The number of benzene rings is 1. The van der Waals surface area contributed by atoms with Crippen molar-refractivity contribution >= 4 is 35.1 Å². The van der Waals surface area contributed by atoms with Gasteiger partial charge < -0.3 is 35.5 Å². The first-order valence-electron chi connectivity index (χ1n) is 12.5. The van der Waals surface area contributed by atoms with Crippen molar-refractivity contribution in [1.82, 2.24) is 15.2 Å². The predicted molar refractivity (Wildman–Crippen MR) is 139 cm³/mol. The van der Waals surface area contributed by atoms with Crippen LogP contribution in [0.4, 0.5) is 10.1 Å². The zero-order chi connectivity index (χ0) is 27.6. The number of H-pyrrole nitrogens is 1. The minimum atomic E-state index is -0.981. The van der Waals surface area contributed by atoms with Crippen molar-refractivity contribution in [2.45, 2.75) is 51.4 Å².